The Balaban J connectivity index is 1.52. The molecule has 0 radical (unpaired) electrons. The van der Waals surface area contributed by atoms with Gasteiger partial charge in [-0.25, -0.2) is 0 Å². The van der Waals surface area contributed by atoms with Crippen LogP contribution in [0.1, 0.15) is 5.56 Å². The topological polar surface area (TPSA) is 38.7 Å². The Kier molecular flexibility index (Phi) is 3.93. The Morgan fingerprint density at radius 3 is 2.74 bits per heavy atom. The molecule has 2 saturated heterocycles. The highest BCUT2D eigenvalue weighted by molar-refractivity contribution is 6.30. The van der Waals surface area contributed by atoms with Gasteiger partial charge in [0.05, 0.1) is 0 Å². The summed E-state index contributed by atoms with van der Waals surface area (Å²) >= 11 is 5.97. The molecular weight excluding hydrogens is 262 g/mol. The molecule has 104 valence electrons. The molecule has 1 aromatic rings. The van der Waals surface area contributed by atoms with Crippen molar-refractivity contribution in [2.24, 2.45) is 0 Å². The fraction of sp³-hybridized carbons (Fsp3) is 0.571. The van der Waals surface area contributed by atoms with Crippen LogP contribution in [0.4, 0.5) is 0 Å². The summed E-state index contributed by atoms with van der Waals surface area (Å²) in [6.45, 7) is 7.48. The van der Waals surface area contributed by atoms with Gasteiger partial charge in [0.25, 0.3) is 0 Å². The molecule has 2 heterocycles. The zero-order valence-electron chi connectivity index (χ0n) is 11.0. The van der Waals surface area contributed by atoms with Crippen LogP contribution in [-0.2, 0) is 6.54 Å². The molecule has 3 rings (SSSR count). The molecule has 4 nitrogen and oxygen atoms in total. The summed E-state index contributed by atoms with van der Waals surface area (Å²) in [5, 5.41) is 13.9. The van der Waals surface area contributed by atoms with Crippen molar-refractivity contribution in [3.63, 3.8) is 0 Å². The summed E-state index contributed by atoms with van der Waals surface area (Å²) in [6, 6.07) is 5.93. The Bertz CT molecular complexity index is 442. The van der Waals surface area contributed by atoms with Crippen LogP contribution in [0.15, 0.2) is 18.2 Å². The largest absolute Gasteiger partial charge is 0.508 e. The van der Waals surface area contributed by atoms with Crippen LogP contribution in [0.5, 0.6) is 5.75 Å². The van der Waals surface area contributed by atoms with E-state index >= 15 is 0 Å². The highest BCUT2D eigenvalue weighted by Crippen LogP contribution is 2.25. The van der Waals surface area contributed by atoms with Crippen LogP contribution in [-0.4, -0.2) is 60.2 Å². The SMILES string of the molecule is Oc1ccc(Cl)cc1CN1CC(N2CCNCC2)C1. The van der Waals surface area contributed by atoms with Crippen LogP contribution in [0.3, 0.4) is 0 Å². The van der Waals surface area contributed by atoms with E-state index < -0.39 is 0 Å². The van der Waals surface area contributed by atoms with E-state index in [2.05, 4.69) is 15.1 Å². The number of nitrogens with zero attached hydrogens (tertiary/aromatic N) is 2. The molecule has 1 aromatic carbocycles. The average molecular weight is 282 g/mol. The van der Waals surface area contributed by atoms with E-state index in [1.807, 2.05) is 6.07 Å². The van der Waals surface area contributed by atoms with Crippen molar-refractivity contribution >= 4 is 11.6 Å². The Labute approximate surface area is 119 Å². The number of nitrogens with one attached hydrogen (secondary N) is 1. The van der Waals surface area contributed by atoms with E-state index in [1.54, 1.807) is 12.1 Å². The van der Waals surface area contributed by atoms with Gasteiger partial charge >= 0.3 is 0 Å². The molecule has 0 spiro atoms. The Hall–Kier alpha value is -0.810. The van der Waals surface area contributed by atoms with Gasteiger partial charge in [-0.3, -0.25) is 9.80 Å². The first-order valence-corrected chi connectivity index (χ1v) is 7.25. The Morgan fingerprint density at radius 2 is 2.00 bits per heavy atom. The van der Waals surface area contributed by atoms with Gasteiger partial charge in [0.2, 0.25) is 0 Å². The van der Waals surface area contributed by atoms with Crippen LogP contribution in [0.2, 0.25) is 5.02 Å². The van der Waals surface area contributed by atoms with Gasteiger partial charge < -0.3 is 10.4 Å². The highest BCUT2D eigenvalue weighted by Gasteiger charge is 2.32. The number of piperazine rings is 1. The molecule has 0 atom stereocenters. The standard InChI is InChI=1S/C14H20ClN3O/c15-12-1-2-14(19)11(7-12)8-17-9-13(10-17)18-5-3-16-4-6-18/h1-2,7,13,16,19H,3-6,8-10H2. The molecule has 0 aliphatic carbocycles. The third-order valence-electron chi connectivity index (χ3n) is 4.04. The maximum atomic E-state index is 9.81. The summed E-state index contributed by atoms with van der Waals surface area (Å²) < 4.78 is 0. The lowest BCUT2D eigenvalue weighted by Gasteiger charge is -2.47. The van der Waals surface area contributed by atoms with Gasteiger partial charge in [0.1, 0.15) is 5.75 Å². The first-order chi connectivity index (χ1) is 9.22. The molecule has 2 aliphatic rings. The van der Waals surface area contributed by atoms with Crippen molar-refractivity contribution in [3.8, 4) is 5.75 Å². The molecule has 5 heteroatoms. The maximum absolute atomic E-state index is 9.81. The molecule has 2 N–H and O–H groups in total. The molecular formula is C14H20ClN3O. The summed E-state index contributed by atoms with van der Waals surface area (Å²) in [5.74, 6) is 0.343. The number of rotatable bonds is 3. The van der Waals surface area contributed by atoms with Crippen molar-refractivity contribution in [2.75, 3.05) is 39.3 Å². The number of halogens is 1. The molecule has 2 fully saturated rings. The van der Waals surface area contributed by atoms with E-state index in [-0.39, 0.29) is 0 Å². The second kappa shape index (κ2) is 5.67. The van der Waals surface area contributed by atoms with Gasteiger partial charge in [0.15, 0.2) is 0 Å². The van der Waals surface area contributed by atoms with E-state index in [4.69, 9.17) is 11.6 Å². The number of hydrogen-bond donors (Lipinski definition) is 2. The number of benzene rings is 1. The van der Waals surface area contributed by atoms with Gasteiger partial charge in [-0.15, -0.1) is 0 Å². The van der Waals surface area contributed by atoms with Crippen molar-refractivity contribution in [1.29, 1.82) is 0 Å². The smallest absolute Gasteiger partial charge is 0.120 e. The fourth-order valence-electron chi connectivity index (χ4n) is 2.87. The molecule has 0 aromatic heterocycles. The van der Waals surface area contributed by atoms with Crippen molar-refractivity contribution in [3.05, 3.63) is 28.8 Å². The lowest BCUT2D eigenvalue weighted by Crippen LogP contribution is -2.62. The fourth-order valence-corrected chi connectivity index (χ4v) is 3.07. The normalized spacial score (nSPS) is 22.4. The van der Waals surface area contributed by atoms with Crippen LogP contribution in [0, 0.1) is 0 Å². The predicted octanol–water partition coefficient (Wildman–Crippen LogP) is 1.13. The lowest BCUT2D eigenvalue weighted by atomic mass is 10.0. The first-order valence-electron chi connectivity index (χ1n) is 6.87. The van der Waals surface area contributed by atoms with Crippen molar-refractivity contribution in [1.82, 2.24) is 15.1 Å². The van der Waals surface area contributed by atoms with Gasteiger partial charge in [0, 0.05) is 62.4 Å². The van der Waals surface area contributed by atoms with E-state index in [0.717, 1.165) is 51.4 Å². The van der Waals surface area contributed by atoms with E-state index in [0.29, 0.717) is 16.8 Å². The maximum Gasteiger partial charge on any atom is 0.120 e. The minimum Gasteiger partial charge on any atom is -0.508 e. The average Bonchev–Trinajstić information content (AvgIpc) is 2.38. The summed E-state index contributed by atoms with van der Waals surface area (Å²) in [7, 11) is 0. The van der Waals surface area contributed by atoms with Gasteiger partial charge in [-0.2, -0.15) is 0 Å². The van der Waals surface area contributed by atoms with Crippen LogP contribution >= 0.6 is 11.6 Å². The molecule has 0 unspecified atom stereocenters. The summed E-state index contributed by atoms with van der Waals surface area (Å²) in [4.78, 5) is 4.92. The zero-order valence-corrected chi connectivity index (χ0v) is 11.7. The third kappa shape index (κ3) is 3.03. The highest BCUT2D eigenvalue weighted by atomic mass is 35.5. The molecule has 2 aliphatic heterocycles. The second-order valence-corrected chi connectivity index (χ2v) is 5.84. The number of hydrogen-bond acceptors (Lipinski definition) is 4. The number of aromatic hydroxyl groups is 1. The quantitative estimate of drug-likeness (QED) is 0.871. The Morgan fingerprint density at radius 1 is 1.26 bits per heavy atom. The van der Waals surface area contributed by atoms with Crippen LogP contribution in [0.25, 0.3) is 0 Å². The first kappa shape index (κ1) is 13.2. The van der Waals surface area contributed by atoms with Crippen molar-refractivity contribution in [2.45, 2.75) is 12.6 Å². The molecule has 0 bridgehead atoms. The van der Waals surface area contributed by atoms with E-state index in [9.17, 15) is 5.11 Å². The lowest BCUT2D eigenvalue weighted by molar-refractivity contribution is 0.0219. The monoisotopic (exact) mass is 281 g/mol. The molecule has 19 heavy (non-hydrogen) atoms. The summed E-state index contributed by atoms with van der Waals surface area (Å²) in [5.41, 5.74) is 0.922. The predicted molar refractivity (Wildman–Crippen MR) is 76.6 cm³/mol. The number of phenols is 1. The van der Waals surface area contributed by atoms with Crippen molar-refractivity contribution < 1.29 is 5.11 Å². The minimum absolute atomic E-state index is 0.343. The van der Waals surface area contributed by atoms with E-state index in [1.165, 1.54) is 0 Å². The second-order valence-electron chi connectivity index (χ2n) is 5.41. The zero-order chi connectivity index (χ0) is 13.2. The molecule has 0 amide bonds. The third-order valence-corrected chi connectivity index (χ3v) is 4.28. The van der Waals surface area contributed by atoms with Gasteiger partial charge in [-0.05, 0) is 18.2 Å². The molecule has 0 saturated carbocycles. The number of phenolic OH excluding ortho intramolecular Hbond substituents is 1. The van der Waals surface area contributed by atoms with Gasteiger partial charge in [-0.1, -0.05) is 11.6 Å². The summed E-state index contributed by atoms with van der Waals surface area (Å²) in [6.07, 6.45) is 0. The number of likely N-dealkylation sites (tertiary alicyclic amines) is 1. The minimum atomic E-state index is 0.343. The van der Waals surface area contributed by atoms with Crippen LogP contribution < -0.4 is 5.32 Å².